The van der Waals surface area contributed by atoms with Crippen LogP contribution in [0.15, 0.2) is 72.9 Å². The molecule has 0 aliphatic carbocycles. The average Bonchev–Trinajstić information content (AvgIpc) is 2.61. The number of aliphatic carboxylic acids is 1. The number of carbonyl (C=O) groups is 1. The zero-order valence-corrected chi connectivity index (χ0v) is 15.6. The first kappa shape index (κ1) is 23.8. The summed E-state index contributed by atoms with van der Waals surface area (Å²) < 4.78 is 0. The van der Waals surface area contributed by atoms with E-state index in [1.54, 1.807) is 18.2 Å². The predicted octanol–water partition coefficient (Wildman–Crippen LogP) is 4.49. The van der Waals surface area contributed by atoms with Gasteiger partial charge in [-0.25, -0.2) is 0 Å². The lowest BCUT2D eigenvalue weighted by Crippen LogP contribution is -2.22. The van der Waals surface area contributed by atoms with Crippen molar-refractivity contribution in [2.75, 3.05) is 0 Å². The highest BCUT2D eigenvalue weighted by molar-refractivity contribution is 5.66. The van der Waals surface area contributed by atoms with E-state index in [-0.39, 0.29) is 6.42 Å². The Kier molecular flexibility index (Phi) is 16.2. The number of aliphatic hydroxyl groups is 2. The van der Waals surface area contributed by atoms with Crippen molar-refractivity contribution in [1.29, 1.82) is 0 Å². The van der Waals surface area contributed by atoms with Gasteiger partial charge in [-0.2, -0.15) is 0 Å². The van der Waals surface area contributed by atoms with E-state index < -0.39 is 18.2 Å². The van der Waals surface area contributed by atoms with Crippen LogP contribution in [0.2, 0.25) is 0 Å². The van der Waals surface area contributed by atoms with Crippen LogP contribution in [-0.2, 0) is 4.79 Å². The SMILES string of the molecule is CCC=CCC=CCC(O)C(O)C=CC=CC=CCC=CCCC(=O)O. The van der Waals surface area contributed by atoms with Crippen molar-refractivity contribution in [2.45, 2.75) is 57.7 Å². The molecule has 2 unspecified atom stereocenters. The summed E-state index contributed by atoms with van der Waals surface area (Å²) in [5.74, 6) is -0.785. The Morgan fingerprint density at radius 1 is 0.846 bits per heavy atom. The van der Waals surface area contributed by atoms with E-state index in [2.05, 4.69) is 19.1 Å². The van der Waals surface area contributed by atoms with Gasteiger partial charge in [0.2, 0.25) is 0 Å². The topological polar surface area (TPSA) is 77.8 Å². The minimum Gasteiger partial charge on any atom is -0.481 e. The van der Waals surface area contributed by atoms with Crippen molar-refractivity contribution in [2.24, 2.45) is 0 Å². The Bertz CT molecular complexity index is 524. The lowest BCUT2D eigenvalue weighted by Gasteiger charge is -2.11. The minimum absolute atomic E-state index is 0.158. The molecule has 4 nitrogen and oxygen atoms in total. The predicted molar refractivity (Wildman–Crippen MR) is 108 cm³/mol. The number of hydrogen-bond donors (Lipinski definition) is 3. The molecule has 0 aliphatic rings. The van der Waals surface area contributed by atoms with Gasteiger partial charge in [0.15, 0.2) is 0 Å². The van der Waals surface area contributed by atoms with Gasteiger partial charge >= 0.3 is 5.97 Å². The fraction of sp³-hybridized carbons (Fsp3) is 0.409. The maximum atomic E-state index is 10.3. The van der Waals surface area contributed by atoms with Gasteiger partial charge in [-0.1, -0.05) is 79.8 Å². The van der Waals surface area contributed by atoms with Gasteiger partial charge in [-0.15, -0.1) is 0 Å². The van der Waals surface area contributed by atoms with Crippen LogP contribution in [0.3, 0.4) is 0 Å². The second kappa shape index (κ2) is 17.6. The fourth-order valence-corrected chi connectivity index (χ4v) is 1.90. The van der Waals surface area contributed by atoms with Crippen LogP contribution >= 0.6 is 0 Å². The third kappa shape index (κ3) is 16.7. The smallest absolute Gasteiger partial charge is 0.303 e. The normalized spacial score (nSPS) is 15.5. The summed E-state index contributed by atoms with van der Waals surface area (Å²) in [6.07, 6.45) is 24.5. The maximum Gasteiger partial charge on any atom is 0.303 e. The van der Waals surface area contributed by atoms with Gasteiger partial charge in [0.05, 0.1) is 12.2 Å². The van der Waals surface area contributed by atoms with Gasteiger partial charge in [0.1, 0.15) is 0 Å². The van der Waals surface area contributed by atoms with Crippen molar-refractivity contribution >= 4 is 5.97 Å². The van der Waals surface area contributed by atoms with Crippen LogP contribution in [0.1, 0.15) is 45.4 Å². The Morgan fingerprint density at radius 2 is 1.50 bits per heavy atom. The highest BCUT2D eigenvalue weighted by Gasteiger charge is 2.10. The lowest BCUT2D eigenvalue weighted by atomic mass is 10.1. The number of rotatable bonds is 14. The third-order valence-electron chi connectivity index (χ3n) is 3.35. The van der Waals surface area contributed by atoms with Crippen molar-refractivity contribution in [3.8, 4) is 0 Å². The number of carboxylic acid groups (broad SMARTS) is 1. The zero-order chi connectivity index (χ0) is 19.5. The van der Waals surface area contributed by atoms with Gasteiger partial charge in [-0.3, -0.25) is 4.79 Å². The number of aliphatic hydroxyl groups excluding tert-OH is 2. The lowest BCUT2D eigenvalue weighted by molar-refractivity contribution is -0.136. The number of hydrogen-bond acceptors (Lipinski definition) is 3. The van der Waals surface area contributed by atoms with E-state index in [1.807, 2.05) is 42.5 Å². The summed E-state index contributed by atoms with van der Waals surface area (Å²) in [6.45, 7) is 2.08. The quantitative estimate of drug-likeness (QED) is 0.315. The van der Waals surface area contributed by atoms with Gasteiger partial charge in [-0.05, 0) is 32.1 Å². The highest BCUT2D eigenvalue weighted by atomic mass is 16.4. The van der Waals surface area contributed by atoms with E-state index in [1.165, 1.54) is 0 Å². The average molecular weight is 360 g/mol. The maximum absolute atomic E-state index is 10.3. The molecule has 0 fully saturated rings. The molecule has 0 saturated heterocycles. The summed E-state index contributed by atoms with van der Waals surface area (Å²) in [4.78, 5) is 10.3. The fourth-order valence-electron chi connectivity index (χ4n) is 1.90. The van der Waals surface area contributed by atoms with E-state index >= 15 is 0 Å². The molecule has 0 radical (unpaired) electrons. The molecule has 0 rings (SSSR count). The molecule has 0 spiro atoms. The van der Waals surface area contributed by atoms with E-state index in [4.69, 9.17) is 5.11 Å². The summed E-state index contributed by atoms with van der Waals surface area (Å²) in [5, 5.41) is 28.2. The van der Waals surface area contributed by atoms with Crippen molar-refractivity contribution in [3.05, 3.63) is 72.9 Å². The largest absolute Gasteiger partial charge is 0.481 e. The van der Waals surface area contributed by atoms with E-state index in [0.29, 0.717) is 12.8 Å². The molecular weight excluding hydrogens is 328 g/mol. The van der Waals surface area contributed by atoms with Crippen LogP contribution in [0.5, 0.6) is 0 Å². The molecule has 0 aliphatic heterocycles. The molecular formula is C22H32O4. The first-order valence-corrected chi connectivity index (χ1v) is 9.10. The van der Waals surface area contributed by atoms with Crippen molar-refractivity contribution < 1.29 is 20.1 Å². The van der Waals surface area contributed by atoms with Crippen LogP contribution < -0.4 is 0 Å². The van der Waals surface area contributed by atoms with Crippen molar-refractivity contribution in [1.82, 2.24) is 0 Å². The standard InChI is InChI=1S/C22H32O4/c1-2-3-4-5-11-14-17-20(23)21(24)18-15-12-9-7-6-8-10-13-16-19-22(25)26/h3-4,6-7,9-15,18,20-21,23-24H,2,5,8,16-17,19H2,1H3,(H,25,26). The zero-order valence-electron chi connectivity index (χ0n) is 15.6. The molecule has 0 saturated carbocycles. The van der Waals surface area contributed by atoms with E-state index in [9.17, 15) is 15.0 Å². The second-order valence-electron chi connectivity index (χ2n) is 5.72. The van der Waals surface area contributed by atoms with Crippen LogP contribution in [0.25, 0.3) is 0 Å². The minimum atomic E-state index is -0.892. The molecule has 3 N–H and O–H groups in total. The summed E-state index contributed by atoms with van der Waals surface area (Å²) in [6, 6.07) is 0. The van der Waals surface area contributed by atoms with Gasteiger partial charge in [0.25, 0.3) is 0 Å². The molecule has 4 heteroatoms. The molecule has 0 aromatic heterocycles. The molecule has 0 bridgehead atoms. The number of allylic oxidation sites excluding steroid dienone is 10. The summed E-state index contributed by atoms with van der Waals surface area (Å²) in [5.41, 5.74) is 0. The van der Waals surface area contributed by atoms with Crippen molar-refractivity contribution in [3.63, 3.8) is 0 Å². The van der Waals surface area contributed by atoms with Crippen LogP contribution in [0, 0.1) is 0 Å². The van der Waals surface area contributed by atoms with Gasteiger partial charge < -0.3 is 15.3 Å². The summed E-state index contributed by atoms with van der Waals surface area (Å²) in [7, 11) is 0. The molecule has 0 aromatic rings. The molecule has 0 amide bonds. The Morgan fingerprint density at radius 3 is 2.23 bits per heavy atom. The first-order valence-electron chi connectivity index (χ1n) is 9.10. The Labute approximate surface area is 157 Å². The molecule has 2 atom stereocenters. The van der Waals surface area contributed by atoms with Crippen LogP contribution in [-0.4, -0.2) is 33.5 Å². The Hall–Kier alpha value is -2.17. The molecule has 144 valence electrons. The number of carboxylic acids is 1. The van der Waals surface area contributed by atoms with Crippen LogP contribution in [0.4, 0.5) is 0 Å². The Balaban J connectivity index is 3.92. The van der Waals surface area contributed by atoms with Gasteiger partial charge in [0, 0.05) is 6.42 Å². The molecule has 0 heterocycles. The van der Waals surface area contributed by atoms with E-state index in [0.717, 1.165) is 19.3 Å². The molecule has 26 heavy (non-hydrogen) atoms. The molecule has 0 aromatic carbocycles. The highest BCUT2D eigenvalue weighted by Crippen LogP contribution is 2.03. The third-order valence-corrected chi connectivity index (χ3v) is 3.35. The summed E-state index contributed by atoms with van der Waals surface area (Å²) >= 11 is 0. The monoisotopic (exact) mass is 360 g/mol. The second-order valence-corrected chi connectivity index (χ2v) is 5.72. The first-order chi connectivity index (χ1) is 12.6.